The van der Waals surface area contributed by atoms with Crippen molar-refractivity contribution >= 4 is 11.6 Å². The van der Waals surface area contributed by atoms with Gasteiger partial charge in [-0.15, -0.1) is 0 Å². The molecule has 1 saturated carbocycles. The van der Waals surface area contributed by atoms with Crippen LogP contribution in [-0.2, 0) is 4.79 Å². The maximum Gasteiger partial charge on any atom is 0.229 e. The number of halogens is 1. The van der Waals surface area contributed by atoms with Gasteiger partial charge in [0.15, 0.2) is 0 Å². The summed E-state index contributed by atoms with van der Waals surface area (Å²) in [7, 11) is 0. The molecule has 19 heavy (non-hydrogen) atoms. The molecule has 0 saturated heterocycles. The molecule has 4 heteroatoms. The minimum Gasteiger partial charge on any atom is -0.326 e. The van der Waals surface area contributed by atoms with Crippen LogP contribution in [0, 0.1) is 18.7 Å². The lowest BCUT2D eigenvalue weighted by Gasteiger charge is -2.37. The molecular formula is C15H21FN2O. The number of rotatable bonds is 2. The Bertz CT molecular complexity index is 485. The van der Waals surface area contributed by atoms with Gasteiger partial charge in [0, 0.05) is 11.2 Å². The van der Waals surface area contributed by atoms with Crippen molar-refractivity contribution in [3.05, 3.63) is 29.6 Å². The van der Waals surface area contributed by atoms with E-state index >= 15 is 0 Å². The molecule has 1 fully saturated rings. The minimum atomic E-state index is -0.467. The zero-order valence-corrected chi connectivity index (χ0v) is 11.5. The van der Waals surface area contributed by atoms with E-state index in [1.165, 1.54) is 6.07 Å². The normalized spacial score (nSPS) is 27.1. The summed E-state index contributed by atoms with van der Waals surface area (Å²) in [4.78, 5) is 12.3. The van der Waals surface area contributed by atoms with Gasteiger partial charge in [-0.25, -0.2) is 4.39 Å². The molecule has 1 aromatic carbocycles. The maximum absolute atomic E-state index is 13.4. The minimum absolute atomic E-state index is 0.104. The highest BCUT2D eigenvalue weighted by atomic mass is 19.1. The van der Waals surface area contributed by atoms with Crippen LogP contribution in [0.2, 0.25) is 0 Å². The lowest BCUT2D eigenvalue weighted by molar-refractivity contribution is -0.122. The Kier molecular flexibility index (Phi) is 3.90. The summed E-state index contributed by atoms with van der Waals surface area (Å²) in [5.74, 6) is -0.615. The first kappa shape index (κ1) is 14.0. The molecule has 0 aromatic heterocycles. The van der Waals surface area contributed by atoms with Gasteiger partial charge in [-0.1, -0.05) is 18.9 Å². The van der Waals surface area contributed by atoms with E-state index in [4.69, 9.17) is 5.73 Å². The summed E-state index contributed by atoms with van der Waals surface area (Å²) in [6.45, 7) is 3.62. The summed E-state index contributed by atoms with van der Waals surface area (Å²) in [6.07, 6.45) is 3.74. The molecule has 0 spiro atoms. The maximum atomic E-state index is 13.4. The molecule has 2 rings (SSSR count). The lowest BCUT2D eigenvalue weighted by atomic mass is 9.74. The second kappa shape index (κ2) is 5.29. The average Bonchev–Trinajstić information content (AvgIpc) is 2.33. The number of carbonyl (C=O) groups is 1. The van der Waals surface area contributed by atoms with Crippen molar-refractivity contribution in [2.24, 2.45) is 11.7 Å². The molecule has 1 amide bonds. The monoisotopic (exact) mass is 264 g/mol. The Hall–Kier alpha value is -1.42. The number of benzene rings is 1. The predicted octanol–water partition coefficient (Wildman–Crippen LogP) is 2.98. The molecule has 1 aliphatic carbocycles. The number of hydrogen-bond acceptors (Lipinski definition) is 2. The number of amides is 1. The molecule has 3 N–H and O–H groups in total. The van der Waals surface area contributed by atoms with E-state index in [9.17, 15) is 9.18 Å². The molecule has 1 aromatic rings. The SMILES string of the molecule is Cc1ccc(NC(=O)C2CCCCC2(C)N)cc1F. The van der Waals surface area contributed by atoms with Crippen molar-refractivity contribution in [2.45, 2.75) is 45.1 Å². The Morgan fingerprint density at radius 1 is 1.47 bits per heavy atom. The summed E-state index contributed by atoms with van der Waals surface area (Å²) in [6, 6.07) is 4.73. The fourth-order valence-electron chi connectivity index (χ4n) is 2.69. The van der Waals surface area contributed by atoms with Crippen LogP contribution in [0.5, 0.6) is 0 Å². The van der Waals surface area contributed by atoms with Gasteiger partial charge < -0.3 is 11.1 Å². The fourth-order valence-corrected chi connectivity index (χ4v) is 2.69. The van der Waals surface area contributed by atoms with E-state index in [-0.39, 0.29) is 17.6 Å². The van der Waals surface area contributed by atoms with Crippen LogP contribution in [-0.4, -0.2) is 11.4 Å². The average molecular weight is 264 g/mol. The fraction of sp³-hybridized carbons (Fsp3) is 0.533. The molecule has 0 radical (unpaired) electrons. The lowest BCUT2D eigenvalue weighted by Crippen LogP contribution is -2.51. The van der Waals surface area contributed by atoms with Gasteiger partial charge >= 0.3 is 0 Å². The van der Waals surface area contributed by atoms with Crippen molar-refractivity contribution in [1.29, 1.82) is 0 Å². The van der Waals surface area contributed by atoms with E-state index < -0.39 is 5.54 Å². The van der Waals surface area contributed by atoms with Gasteiger partial charge in [0.2, 0.25) is 5.91 Å². The Labute approximate surface area is 113 Å². The second-order valence-electron chi connectivity index (χ2n) is 5.76. The summed E-state index contributed by atoms with van der Waals surface area (Å²) < 4.78 is 13.4. The molecule has 2 unspecified atom stereocenters. The van der Waals surface area contributed by atoms with Crippen LogP contribution in [0.1, 0.15) is 38.2 Å². The second-order valence-corrected chi connectivity index (χ2v) is 5.76. The standard InChI is InChI=1S/C15H21FN2O/c1-10-6-7-11(9-13(10)16)18-14(19)12-5-3-4-8-15(12,2)17/h6-7,9,12H,3-5,8,17H2,1-2H3,(H,18,19). The first-order chi connectivity index (χ1) is 8.90. The summed E-state index contributed by atoms with van der Waals surface area (Å²) >= 11 is 0. The van der Waals surface area contributed by atoms with Gasteiger partial charge in [-0.05, 0) is 44.4 Å². The first-order valence-corrected chi connectivity index (χ1v) is 6.76. The van der Waals surface area contributed by atoms with E-state index in [0.717, 1.165) is 25.7 Å². The van der Waals surface area contributed by atoms with Gasteiger partial charge in [0.1, 0.15) is 5.82 Å². The zero-order valence-electron chi connectivity index (χ0n) is 11.5. The molecule has 104 valence electrons. The third kappa shape index (κ3) is 3.13. The molecule has 2 atom stereocenters. The van der Waals surface area contributed by atoms with Crippen molar-refractivity contribution < 1.29 is 9.18 Å². The van der Waals surface area contributed by atoms with Crippen LogP contribution >= 0.6 is 0 Å². The van der Waals surface area contributed by atoms with Crippen LogP contribution in [0.3, 0.4) is 0 Å². The highest BCUT2D eigenvalue weighted by Gasteiger charge is 2.37. The van der Waals surface area contributed by atoms with Gasteiger partial charge in [0.25, 0.3) is 0 Å². The van der Waals surface area contributed by atoms with Crippen molar-refractivity contribution in [2.75, 3.05) is 5.32 Å². The van der Waals surface area contributed by atoms with Crippen molar-refractivity contribution in [3.63, 3.8) is 0 Å². The number of hydrogen-bond donors (Lipinski definition) is 2. The first-order valence-electron chi connectivity index (χ1n) is 6.76. The van der Waals surface area contributed by atoms with Crippen molar-refractivity contribution in [1.82, 2.24) is 0 Å². The molecule has 0 bridgehead atoms. The molecular weight excluding hydrogens is 243 g/mol. The largest absolute Gasteiger partial charge is 0.326 e. The Morgan fingerprint density at radius 3 is 2.84 bits per heavy atom. The molecule has 3 nitrogen and oxygen atoms in total. The quantitative estimate of drug-likeness (QED) is 0.862. The van der Waals surface area contributed by atoms with Gasteiger partial charge in [-0.2, -0.15) is 0 Å². The Balaban J connectivity index is 2.09. The van der Waals surface area contributed by atoms with E-state index in [1.807, 2.05) is 6.92 Å². The summed E-state index contributed by atoms with van der Waals surface area (Å²) in [5.41, 5.74) is 6.79. The number of nitrogens with one attached hydrogen (secondary N) is 1. The van der Waals surface area contributed by atoms with E-state index in [1.54, 1.807) is 19.1 Å². The van der Waals surface area contributed by atoms with Crippen LogP contribution in [0.15, 0.2) is 18.2 Å². The summed E-state index contributed by atoms with van der Waals surface area (Å²) in [5, 5.41) is 2.78. The van der Waals surface area contributed by atoms with Gasteiger partial charge in [0.05, 0.1) is 5.92 Å². The van der Waals surface area contributed by atoms with Gasteiger partial charge in [-0.3, -0.25) is 4.79 Å². The number of carbonyl (C=O) groups excluding carboxylic acids is 1. The molecule has 0 aliphatic heterocycles. The van der Waals surface area contributed by atoms with Crippen molar-refractivity contribution in [3.8, 4) is 0 Å². The predicted molar refractivity (Wildman–Crippen MR) is 74.3 cm³/mol. The zero-order chi connectivity index (χ0) is 14.0. The smallest absolute Gasteiger partial charge is 0.229 e. The number of aryl methyl sites for hydroxylation is 1. The Morgan fingerprint density at radius 2 is 2.21 bits per heavy atom. The topological polar surface area (TPSA) is 55.1 Å². The van der Waals surface area contributed by atoms with Crippen LogP contribution < -0.4 is 11.1 Å². The third-order valence-corrected chi connectivity index (χ3v) is 4.01. The highest BCUT2D eigenvalue weighted by molar-refractivity contribution is 5.93. The van der Waals surface area contributed by atoms with Crippen LogP contribution in [0.25, 0.3) is 0 Å². The third-order valence-electron chi connectivity index (χ3n) is 4.01. The molecule has 1 aliphatic rings. The molecule has 0 heterocycles. The van der Waals surface area contributed by atoms with E-state index in [0.29, 0.717) is 11.3 Å². The van der Waals surface area contributed by atoms with E-state index in [2.05, 4.69) is 5.32 Å². The number of nitrogens with two attached hydrogens (primary N) is 1. The number of anilines is 1. The van der Waals surface area contributed by atoms with Crippen LogP contribution in [0.4, 0.5) is 10.1 Å². The highest BCUT2D eigenvalue weighted by Crippen LogP contribution is 2.32.